The van der Waals surface area contributed by atoms with Gasteiger partial charge in [-0.25, -0.2) is 8.42 Å². The highest BCUT2D eigenvalue weighted by atomic mass is 35.5. The molecule has 0 aromatic heterocycles. The summed E-state index contributed by atoms with van der Waals surface area (Å²) >= 11 is 11.6. The standard InChI is InChI=1S/C11H10Cl2N2O5S/c12-7-1-6(2-8(3-7)15(17)18)11(16)14-10-5-21(19,20)4-9(10)13/h1-3,9-10H,4-5H2,(H,14,16). The fourth-order valence-corrected chi connectivity index (χ4v) is 4.78. The van der Waals surface area contributed by atoms with E-state index in [0.717, 1.165) is 12.1 Å². The van der Waals surface area contributed by atoms with Gasteiger partial charge in [0.05, 0.1) is 27.8 Å². The Bertz CT molecular complexity index is 707. The van der Waals surface area contributed by atoms with E-state index in [0.29, 0.717) is 0 Å². The van der Waals surface area contributed by atoms with Gasteiger partial charge in [0.15, 0.2) is 9.84 Å². The molecule has 0 bridgehead atoms. The molecule has 7 nitrogen and oxygen atoms in total. The van der Waals surface area contributed by atoms with Crippen molar-refractivity contribution in [1.29, 1.82) is 0 Å². The van der Waals surface area contributed by atoms with Gasteiger partial charge in [0.2, 0.25) is 0 Å². The Kier molecular flexibility index (Phi) is 4.40. The lowest BCUT2D eigenvalue weighted by Crippen LogP contribution is -2.40. The van der Waals surface area contributed by atoms with Crippen molar-refractivity contribution >= 4 is 44.6 Å². The number of hydrogen-bond acceptors (Lipinski definition) is 5. The number of sulfone groups is 1. The van der Waals surface area contributed by atoms with E-state index < -0.39 is 32.1 Å². The smallest absolute Gasteiger partial charge is 0.271 e. The third kappa shape index (κ3) is 3.84. The minimum Gasteiger partial charge on any atom is -0.347 e. The maximum absolute atomic E-state index is 12.0. The minimum atomic E-state index is -3.28. The molecule has 1 aliphatic rings. The molecule has 1 aromatic carbocycles. The monoisotopic (exact) mass is 352 g/mol. The number of carbonyl (C=O) groups is 1. The van der Waals surface area contributed by atoms with E-state index in [9.17, 15) is 23.3 Å². The molecule has 1 aliphatic heterocycles. The van der Waals surface area contributed by atoms with E-state index in [4.69, 9.17) is 23.2 Å². The summed E-state index contributed by atoms with van der Waals surface area (Å²) in [6.45, 7) is 0. The number of carbonyl (C=O) groups excluding carboxylic acids is 1. The average molecular weight is 353 g/mol. The van der Waals surface area contributed by atoms with E-state index in [-0.39, 0.29) is 27.8 Å². The Morgan fingerprint density at radius 1 is 1.33 bits per heavy atom. The number of nitro groups is 1. The Hall–Kier alpha value is -1.38. The predicted molar refractivity (Wildman–Crippen MR) is 77.7 cm³/mol. The number of non-ortho nitro benzene ring substituents is 1. The molecular weight excluding hydrogens is 343 g/mol. The summed E-state index contributed by atoms with van der Waals surface area (Å²) < 4.78 is 22.8. The highest BCUT2D eigenvalue weighted by Gasteiger charge is 2.37. The highest BCUT2D eigenvalue weighted by Crippen LogP contribution is 2.22. The first-order valence-electron chi connectivity index (χ1n) is 5.78. The van der Waals surface area contributed by atoms with Crippen molar-refractivity contribution in [1.82, 2.24) is 5.32 Å². The number of nitrogens with one attached hydrogen (secondary N) is 1. The maximum atomic E-state index is 12.0. The molecule has 0 spiro atoms. The summed E-state index contributed by atoms with van der Waals surface area (Å²) in [5.74, 6) is -1.13. The molecule has 0 saturated carbocycles. The van der Waals surface area contributed by atoms with Crippen LogP contribution >= 0.6 is 23.2 Å². The number of hydrogen-bond donors (Lipinski definition) is 1. The van der Waals surface area contributed by atoms with Crippen LogP contribution in [0, 0.1) is 10.1 Å². The van der Waals surface area contributed by atoms with Gasteiger partial charge in [-0.05, 0) is 6.07 Å². The third-order valence-corrected chi connectivity index (χ3v) is 5.55. The minimum absolute atomic E-state index is 0.0256. The van der Waals surface area contributed by atoms with E-state index in [2.05, 4.69) is 5.32 Å². The van der Waals surface area contributed by atoms with E-state index in [1.807, 2.05) is 0 Å². The number of benzene rings is 1. The molecule has 10 heteroatoms. The van der Waals surface area contributed by atoms with Gasteiger partial charge in [-0.1, -0.05) is 11.6 Å². The Balaban J connectivity index is 2.20. The number of nitro benzene ring substituents is 1. The topological polar surface area (TPSA) is 106 Å². The van der Waals surface area contributed by atoms with Crippen molar-refractivity contribution in [3.8, 4) is 0 Å². The zero-order chi connectivity index (χ0) is 15.8. The van der Waals surface area contributed by atoms with Crippen LogP contribution in [0.2, 0.25) is 5.02 Å². The van der Waals surface area contributed by atoms with Gasteiger partial charge < -0.3 is 5.32 Å². The molecule has 114 valence electrons. The van der Waals surface area contributed by atoms with Crippen molar-refractivity contribution in [2.45, 2.75) is 11.4 Å². The van der Waals surface area contributed by atoms with E-state index in [1.54, 1.807) is 0 Å². The number of amides is 1. The van der Waals surface area contributed by atoms with Crippen molar-refractivity contribution in [2.75, 3.05) is 11.5 Å². The highest BCUT2D eigenvalue weighted by molar-refractivity contribution is 7.91. The molecule has 2 atom stereocenters. The van der Waals surface area contributed by atoms with Gasteiger partial charge in [0.25, 0.3) is 11.6 Å². The molecule has 1 saturated heterocycles. The first kappa shape index (κ1) is 16.0. The second-order valence-corrected chi connectivity index (χ2v) is 7.78. The normalized spacial score (nSPS) is 23.7. The first-order valence-corrected chi connectivity index (χ1v) is 8.42. The fraction of sp³-hybridized carbons (Fsp3) is 0.364. The third-order valence-electron chi connectivity index (χ3n) is 2.96. The van der Waals surface area contributed by atoms with Crippen molar-refractivity contribution < 1.29 is 18.1 Å². The lowest BCUT2D eigenvalue weighted by atomic mass is 10.1. The van der Waals surface area contributed by atoms with Crippen LogP contribution in [0.15, 0.2) is 18.2 Å². The van der Waals surface area contributed by atoms with E-state index >= 15 is 0 Å². The van der Waals surface area contributed by atoms with Crippen molar-refractivity contribution in [3.05, 3.63) is 38.9 Å². The van der Waals surface area contributed by atoms with Crippen LogP contribution in [0.1, 0.15) is 10.4 Å². The van der Waals surface area contributed by atoms with Crippen LogP contribution in [-0.4, -0.2) is 42.2 Å². The Morgan fingerprint density at radius 3 is 2.52 bits per heavy atom. The second-order valence-electron chi connectivity index (χ2n) is 4.63. The van der Waals surface area contributed by atoms with Crippen LogP contribution in [-0.2, 0) is 9.84 Å². The number of nitrogens with zero attached hydrogens (tertiary/aromatic N) is 1. The molecular formula is C11H10Cl2N2O5S. The Morgan fingerprint density at radius 2 is 2.00 bits per heavy atom. The van der Waals surface area contributed by atoms with Crippen LogP contribution in [0.25, 0.3) is 0 Å². The lowest BCUT2D eigenvalue weighted by Gasteiger charge is -2.14. The summed E-state index contributed by atoms with van der Waals surface area (Å²) in [5, 5.41) is 12.5. The number of halogens is 2. The first-order chi connectivity index (χ1) is 9.68. The molecule has 0 aliphatic carbocycles. The summed E-state index contributed by atoms with van der Waals surface area (Å²) in [6, 6.07) is 2.70. The zero-order valence-electron chi connectivity index (χ0n) is 10.5. The predicted octanol–water partition coefficient (Wildman–Crippen LogP) is 1.38. The SMILES string of the molecule is O=C(NC1CS(=O)(=O)CC1Cl)c1cc(Cl)cc([N+](=O)[O-])c1. The molecule has 1 N–H and O–H groups in total. The molecule has 1 fully saturated rings. The summed E-state index contributed by atoms with van der Waals surface area (Å²) in [5.41, 5.74) is -0.350. The molecule has 1 aromatic rings. The van der Waals surface area contributed by atoms with Crippen molar-refractivity contribution in [3.63, 3.8) is 0 Å². The molecule has 2 rings (SSSR count). The molecule has 2 unspecified atom stereocenters. The van der Waals surface area contributed by atoms with Gasteiger partial charge in [-0.3, -0.25) is 14.9 Å². The summed E-state index contributed by atoms with van der Waals surface area (Å²) in [6.07, 6.45) is 0. The Labute approximate surface area is 130 Å². The average Bonchev–Trinajstić information content (AvgIpc) is 2.61. The number of rotatable bonds is 3. The van der Waals surface area contributed by atoms with Gasteiger partial charge in [-0.2, -0.15) is 0 Å². The quantitative estimate of drug-likeness (QED) is 0.502. The maximum Gasteiger partial charge on any atom is 0.271 e. The van der Waals surface area contributed by atoms with E-state index in [1.165, 1.54) is 6.07 Å². The van der Waals surface area contributed by atoms with Crippen LogP contribution < -0.4 is 5.32 Å². The van der Waals surface area contributed by atoms with Gasteiger partial charge in [0, 0.05) is 22.7 Å². The second kappa shape index (κ2) is 5.78. The van der Waals surface area contributed by atoms with Gasteiger partial charge in [-0.15, -0.1) is 11.6 Å². The molecule has 1 amide bonds. The van der Waals surface area contributed by atoms with Gasteiger partial charge in [0.1, 0.15) is 0 Å². The number of alkyl halides is 1. The largest absolute Gasteiger partial charge is 0.347 e. The zero-order valence-corrected chi connectivity index (χ0v) is 12.8. The van der Waals surface area contributed by atoms with Crippen LogP contribution in [0.3, 0.4) is 0 Å². The fourth-order valence-electron chi connectivity index (χ4n) is 2.00. The van der Waals surface area contributed by atoms with Crippen LogP contribution in [0.5, 0.6) is 0 Å². The summed E-state index contributed by atoms with van der Waals surface area (Å²) in [7, 11) is -3.28. The summed E-state index contributed by atoms with van der Waals surface area (Å²) in [4.78, 5) is 22.1. The van der Waals surface area contributed by atoms with Crippen molar-refractivity contribution in [2.24, 2.45) is 0 Å². The molecule has 1 heterocycles. The van der Waals surface area contributed by atoms with Crippen LogP contribution in [0.4, 0.5) is 5.69 Å². The molecule has 0 radical (unpaired) electrons. The molecule has 21 heavy (non-hydrogen) atoms. The lowest BCUT2D eigenvalue weighted by molar-refractivity contribution is -0.384. The van der Waals surface area contributed by atoms with Gasteiger partial charge >= 0.3 is 0 Å².